The fourth-order valence-electron chi connectivity index (χ4n) is 2.18. The Bertz CT molecular complexity index is 613. The second kappa shape index (κ2) is 6.57. The first-order chi connectivity index (χ1) is 9.51. The topological polar surface area (TPSA) is 12.0 Å². The van der Waals surface area contributed by atoms with E-state index in [9.17, 15) is 4.39 Å². The molecule has 20 heavy (non-hydrogen) atoms. The number of hydrogen-bond donors (Lipinski definition) is 1. The van der Waals surface area contributed by atoms with Crippen LogP contribution in [0.2, 0.25) is 10.0 Å². The molecule has 0 saturated heterocycles. The summed E-state index contributed by atoms with van der Waals surface area (Å²) in [4.78, 5) is 0. The summed E-state index contributed by atoms with van der Waals surface area (Å²) >= 11 is 11.8. The van der Waals surface area contributed by atoms with Crippen LogP contribution in [0.5, 0.6) is 0 Å². The molecule has 1 N–H and O–H groups in total. The zero-order chi connectivity index (χ0) is 14.7. The highest BCUT2D eigenvalue weighted by Crippen LogP contribution is 2.25. The molecule has 0 aromatic heterocycles. The Kier molecular flexibility index (Phi) is 5.03. The average molecular weight is 312 g/mol. The number of halogens is 3. The molecule has 0 saturated carbocycles. The molecule has 1 unspecified atom stereocenters. The van der Waals surface area contributed by atoms with E-state index in [4.69, 9.17) is 23.2 Å². The molecular formula is C16H16Cl2FN. The molecule has 106 valence electrons. The first-order valence-electron chi connectivity index (χ1n) is 6.38. The minimum absolute atomic E-state index is 0.0293. The van der Waals surface area contributed by atoms with Crippen LogP contribution in [0.4, 0.5) is 4.39 Å². The van der Waals surface area contributed by atoms with Crippen LogP contribution >= 0.6 is 23.2 Å². The van der Waals surface area contributed by atoms with E-state index in [1.807, 2.05) is 32.2 Å². The molecule has 0 aliphatic heterocycles. The van der Waals surface area contributed by atoms with Gasteiger partial charge in [-0.1, -0.05) is 41.4 Å². The zero-order valence-corrected chi connectivity index (χ0v) is 12.9. The maximum atomic E-state index is 13.9. The lowest BCUT2D eigenvalue weighted by atomic mass is 9.97. The van der Waals surface area contributed by atoms with Crippen LogP contribution in [0.1, 0.15) is 22.7 Å². The van der Waals surface area contributed by atoms with E-state index in [-0.39, 0.29) is 11.9 Å². The Labute approximate surface area is 128 Å². The zero-order valence-electron chi connectivity index (χ0n) is 11.4. The van der Waals surface area contributed by atoms with Crippen molar-refractivity contribution < 1.29 is 4.39 Å². The molecule has 2 rings (SSSR count). The summed E-state index contributed by atoms with van der Waals surface area (Å²) in [6.07, 6.45) is 0.556. The summed E-state index contributed by atoms with van der Waals surface area (Å²) < 4.78 is 13.9. The monoisotopic (exact) mass is 311 g/mol. The van der Waals surface area contributed by atoms with Gasteiger partial charge in [0.25, 0.3) is 0 Å². The molecule has 0 aliphatic carbocycles. The van der Waals surface area contributed by atoms with Crippen molar-refractivity contribution in [1.29, 1.82) is 0 Å². The van der Waals surface area contributed by atoms with Gasteiger partial charge in [-0.3, -0.25) is 0 Å². The molecule has 0 aliphatic rings. The fourth-order valence-corrected chi connectivity index (χ4v) is 2.45. The third-order valence-electron chi connectivity index (χ3n) is 3.37. The summed E-state index contributed by atoms with van der Waals surface area (Å²) in [5, 5.41) is 4.36. The summed E-state index contributed by atoms with van der Waals surface area (Å²) in [7, 11) is 1.86. The highest BCUT2D eigenvalue weighted by Gasteiger charge is 2.14. The summed E-state index contributed by atoms with van der Waals surface area (Å²) in [6, 6.07) is 10.7. The maximum Gasteiger partial charge on any atom is 0.127 e. The Hall–Kier alpha value is -1.09. The first kappa shape index (κ1) is 15.3. The van der Waals surface area contributed by atoms with E-state index < -0.39 is 0 Å². The summed E-state index contributed by atoms with van der Waals surface area (Å²) in [5.74, 6) is -0.275. The van der Waals surface area contributed by atoms with Crippen LogP contribution < -0.4 is 5.32 Å². The molecule has 2 aromatic rings. The fraction of sp³-hybridized carbons (Fsp3) is 0.250. The van der Waals surface area contributed by atoms with Gasteiger partial charge < -0.3 is 5.32 Å². The maximum absolute atomic E-state index is 13.9. The van der Waals surface area contributed by atoms with Gasteiger partial charge >= 0.3 is 0 Å². The molecule has 2 aromatic carbocycles. The standard InChI is InChI=1S/C16H16Cl2FN/c1-10-7-12(4-6-14(10)18)16(20-2)8-11-3-5-13(17)9-15(11)19/h3-7,9,16,20H,8H2,1-2H3. The Morgan fingerprint density at radius 3 is 2.50 bits per heavy atom. The lowest BCUT2D eigenvalue weighted by Crippen LogP contribution is -2.19. The van der Waals surface area contributed by atoms with Gasteiger partial charge in [0.15, 0.2) is 0 Å². The van der Waals surface area contributed by atoms with Crippen LogP contribution in [0.25, 0.3) is 0 Å². The normalized spacial score (nSPS) is 12.4. The van der Waals surface area contributed by atoms with Crippen LogP contribution in [0.15, 0.2) is 36.4 Å². The van der Waals surface area contributed by atoms with E-state index in [0.29, 0.717) is 17.0 Å². The number of aryl methyl sites for hydroxylation is 1. The lowest BCUT2D eigenvalue weighted by Gasteiger charge is -2.18. The molecule has 0 bridgehead atoms. The van der Waals surface area contributed by atoms with Crippen molar-refractivity contribution in [3.8, 4) is 0 Å². The van der Waals surface area contributed by atoms with E-state index in [0.717, 1.165) is 16.1 Å². The molecule has 0 spiro atoms. The molecule has 1 nitrogen and oxygen atoms in total. The van der Waals surface area contributed by atoms with E-state index in [1.165, 1.54) is 6.07 Å². The third-order valence-corrected chi connectivity index (χ3v) is 4.03. The highest BCUT2D eigenvalue weighted by atomic mass is 35.5. The highest BCUT2D eigenvalue weighted by molar-refractivity contribution is 6.31. The van der Waals surface area contributed by atoms with Crippen LogP contribution in [0.3, 0.4) is 0 Å². The first-order valence-corrected chi connectivity index (χ1v) is 7.14. The van der Waals surface area contributed by atoms with Gasteiger partial charge in [-0.05, 0) is 55.3 Å². The molecule has 1 atom stereocenters. The van der Waals surface area contributed by atoms with Crippen molar-refractivity contribution in [2.75, 3.05) is 7.05 Å². The number of nitrogens with one attached hydrogen (secondary N) is 1. The van der Waals surface area contributed by atoms with Crippen molar-refractivity contribution in [2.45, 2.75) is 19.4 Å². The summed E-state index contributed by atoms with van der Waals surface area (Å²) in [5.41, 5.74) is 2.74. The minimum Gasteiger partial charge on any atom is -0.313 e. The summed E-state index contributed by atoms with van der Waals surface area (Å²) in [6.45, 7) is 1.96. The Balaban J connectivity index is 2.26. The number of hydrogen-bond acceptors (Lipinski definition) is 1. The molecule has 0 fully saturated rings. The average Bonchev–Trinajstić information content (AvgIpc) is 2.41. The minimum atomic E-state index is -0.275. The predicted molar refractivity (Wildman–Crippen MR) is 83.1 cm³/mol. The van der Waals surface area contributed by atoms with Gasteiger partial charge in [0.05, 0.1) is 0 Å². The Morgan fingerprint density at radius 2 is 1.90 bits per heavy atom. The number of benzene rings is 2. The van der Waals surface area contributed by atoms with Gasteiger partial charge in [0.1, 0.15) is 5.82 Å². The van der Waals surface area contributed by atoms with Gasteiger partial charge in [-0.2, -0.15) is 0 Å². The number of likely N-dealkylation sites (N-methyl/N-ethyl adjacent to an activating group) is 1. The number of rotatable bonds is 4. The molecule has 0 radical (unpaired) electrons. The van der Waals surface area contributed by atoms with E-state index >= 15 is 0 Å². The van der Waals surface area contributed by atoms with Crippen molar-refractivity contribution in [2.24, 2.45) is 0 Å². The molecule has 0 heterocycles. The van der Waals surface area contributed by atoms with Crippen LogP contribution in [0, 0.1) is 12.7 Å². The second-order valence-corrected chi connectivity index (χ2v) is 5.63. The molecular weight excluding hydrogens is 296 g/mol. The van der Waals surface area contributed by atoms with Crippen LogP contribution in [-0.2, 0) is 6.42 Å². The van der Waals surface area contributed by atoms with Gasteiger partial charge in [0.2, 0.25) is 0 Å². The van der Waals surface area contributed by atoms with Gasteiger partial charge in [0, 0.05) is 16.1 Å². The lowest BCUT2D eigenvalue weighted by molar-refractivity contribution is 0.554. The van der Waals surface area contributed by atoms with E-state index in [2.05, 4.69) is 5.32 Å². The van der Waals surface area contributed by atoms with Crippen molar-refractivity contribution in [3.05, 3.63) is 69.0 Å². The quantitative estimate of drug-likeness (QED) is 0.843. The largest absolute Gasteiger partial charge is 0.313 e. The Morgan fingerprint density at radius 1 is 1.15 bits per heavy atom. The smallest absolute Gasteiger partial charge is 0.127 e. The van der Waals surface area contributed by atoms with Gasteiger partial charge in [-0.25, -0.2) is 4.39 Å². The van der Waals surface area contributed by atoms with Crippen molar-refractivity contribution in [3.63, 3.8) is 0 Å². The van der Waals surface area contributed by atoms with Gasteiger partial charge in [-0.15, -0.1) is 0 Å². The third kappa shape index (κ3) is 3.51. The van der Waals surface area contributed by atoms with E-state index in [1.54, 1.807) is 12.1 Å². The molecule has 4 heteroatoms. The SMILES string of the molecule is CNC(Cc1ccc(Cl)cc1F)c1ccc(Cl)c(C)c1. The predicted octanol–water partition coefficient (Wildman–Crippen LogP) is 4.94. The van der Waals surface area contributed by atoms with Crippen LogP contribution in [-0.4, -0.2) is 7.05 Å². The van der Waals surface area contributed by atoms with Crippen molar-refractivity contribution in [1.82, 2.24) is 5.32 Å². The molecule has 0 amide bonds. The van der Waals surface area contributed by atoms with Crippen molar-refractivity contribution >= 4 is 23.2 Å². The second-order valence-electron chi connectivity index (χ2n) is 4.79.